The van der Waals surface area contributed by atoms with Crippen LogP contribution in [0.5, 0.6) is 0 Å². The fourth-order valence-electron chi connectivity index (χ4n) is 1.69. The Balaban J connectivity index is 2.38. The van der Waals surface area contributed by atoms with Crippen molar-refractivity contribution in [2.75, 3.05) is 5.32 Å². The van der Waals surface area contributed by atoms with Gasteiger partial charge in [-0.1, -0.05) is 22.0 Å². The Morgan fingerprint density at radius 1 is 1.40 bits per heavy atom. The number of urea groups is 1. The van der Waals surface area contributed by atoms with Crippen LogP contribution >= 0.6 is 15.9 Å². The molecule has 1 aromatic rings. The highest BCUT2D eigenvalue weighted by atomic mass is 79.9. The molecule has 1 rings (SSSR count). The summed E-state index contributed by atoms with van der Waals surface area (Å²) in [5, 5.41) is 14.1. The molecular weight excluding hydrogens is 324 g/mol. The van der Waals surface area contributed by atoms with E-state index in [4.69, 9.17) is 5.11 Å². The molecule has 6 heteroatoms. The van der Waals surface area contributed by atoms with Crippen molar-refractivity contribution in [3.63, 3.8) is 0 Å². The minimum atomic E-state index is -0.814. The molecule has 0 aliphatic heterocycles. The van der Waals surface area contributed by atoms with E-state index in [0.29, 0.717) is 18.5 Å². The third kappa shape index (κ3) is 6.06. The number of hydrogen-bond acceptors (Lipinski definition) is 2. The predicted molar refractivity (Wildman–Crippen MR) is 82.0 cm³/mol. The van der Waals surface area contributed by atoms with Gasteiger partial charge < -0.3 is 15.7 Å². The molecule has 0 aromatic heterocycles. The minimum Gasteiger partial charge on any atom is -0.481 e. The Bertz CT molecular complexity index is 491. The SMILES string of the molecule is Cc1ccc(NC(=O)NC(C)CCCC(=O)O)cc1Br. The average molecular weight is 343 g/mol. The van der Waals surface area contributed by atoms with Gasteiger partial charge in [0.05, 0.1) is 0 Å². The van der Waals surface area contributed by atoms with Crippen LogP contribution in [0, 0.1) is 6.92 Å². The fraction of sp³-hybridized carbons (Fsp3) is 0.429. The average Bonchev–Trinajstić information content (AvgIpc) is 2.33. The largest absolute Gasteiger partial charge is 0.481 e. The van der Waals surface area contributed by atoms with Crippen LogP contribution in [-0.4, -0.2) is 23.1 Å². The molecule has 1 unspecified atom stereocenters. The number of hydrogen-bond donors (Lipinski definition) is 3. The first-order valence-electron chi connectivity index (χ1n) is 6.44. The first-order chi connectivity index (χ1) is 9.38. The van der Waals surface area contributed by atoms with Crippen molar-refractivity contribution in [3.05, 3.63) is 28.2 Å². The highest BCUT2D eigenvalue weighted by Gasteiger charge is 2.08. The van der Waals surface area contributed by atoms with Crippen molar-refractivity contribution < 1.29 is 14.7 Å². The van der Waals surface area contributed by atoms with E-state index < -0.39 is 5.97 Å². The number of carbonyl (C=O) groups is 2. The Hall–Kier alpha value is -1.56. The van der Waals surface area contributed by atoms with E-state index in [1.807, 2.05) is 32.0 Å². The highest BCUT2D eigenvalue weighted by molar-refractivity contribution is 9.10. The van der Waals surface area contributed by atoms with Crippen molar-refractivity contribution in [1.82, 2.24) is 5.32 Å². The lowest BCUT2D eigenvalue weighted by Gasteiger charge is -2.14. The minimum absolute atomic E-state index is 0.0664. The number of aryl methyl sites for hydroxylation is 1. The molecule has 20 heavy (non-hydrogen) atoms. The van der Waals surface area contributed by atoms with Crippen molar-refractivity contribution in [2.45, 2.75) is 39.2 Å². The number of carbonyl (C=O) groups excluding carboxylic acids is 1. The molecular formula is C14H19BrN2O3. The second-order valence-corrected chi connectivity index (χ2v) is 5.60. The van der Waals surface area contributed by atoms with Crippen molar-refractivity contribution >= 4 is 33.6 Å². The molecule has 1 aromatic carbocycles. The molecule has 110 valence electrons. The molecule has 5 nitrogen and oxygen atoms in total. The summed E-state index contributed by atoms with van der Waals surface area (Å²) in [5.74, 6) is -0.814. The lowest BCUT2D eigenvalue weighted by molar-refractivity contribution is -0.137. The van der Waals surface area contributed by atoms with Gasteiger partial charge in [0.25, 0.3) is 0 Å². The molecule has 0 bridgehead atoms. The van der Waals surface area contributed by atoms with Crippen molar-refractivity contribution in [2.24, 2.45) is 0 Å². The van der Waals surface area contributed by atoms with Crippen LogP contribution in [0.1, 0.15) is 31.7 Å². The van der Waals surface area contributed by atoms with Gasteiger partial charge >= 0.3 is 12.0 Å². The van der Waals surface area contributed by atoms with Crippen LogP contribution in [0.25, 0.3) is 0 Å². The summed E-state index contributed by atoms with van der Waals surface area (Å²) in [6.07, 6.45) is 1.31. The van der Waals surface area contributed by atoms with Gasteiger partial charge in [-0.25, -0.2) is 4.79 Å². The summed E-state index contributed by atoms with van der Waals surface area (Å²) >= 11 is 3.41. The maximum atomic E-state index is 11.8. The Kier molecular flexibility index (Phi) is 6.51. The number of benzene rings is 1. The van der Waals surface area contributed by atoms with Gasteiger partial charge in [0, 0.05) is 22.6 Å². The number of carboxylic acid groups (broad SMARTS) is 1. The van der Waals surface area contributed by atoms with Crippen molar-refractivity contribution in [1.29, 1.82) is 0 Å². The van der Waals surface area contributed by atoms with Gasteiger partial charge in [-0.3, -0.25) is 4.79 Å². The van der Waals surface area contributed by atoms with E-state index in [0.717, 1.165) is 10.0 Å². The molecule has 2 amide bonds. The van der Waals surface area contributed by atoms with Gasteiger partial charge in [-0.05, 0) is 44.4 Å². The second kappa shape index (κ2) is 7.89. The molecule has 0 saturated carbocycles. The van der Waals surface area contributed by atoms with E-state index in [2.05, 4.69) is 26.6 Å². The Morgan fingerprint density at radius 2 is 2.10 bits per heavy atom. The standard InChI is InChI=1S/C14H19BrN2O3/c1-9-6-7-11(8-12(9)15)17-14(20)16-10(2)4-3-5-13(18)19/h6-8,10H,3-5H2,1-2H3,(H,18,19)(H2,16,17,20). The maximum absolute atomic E-state index is 11.8. The normalized spacial score (nSPS) is 11.8. The number of nitrogens with one attached hydrogen (secondary N) is 2. The molecule has 3 N–H and O–H groups in total. The molecule has 1 atom stereocenters. The summed E-state index contributed by atoms with van der Waals surface area (Å²) in [7, 11) is 0. The first-order valence-corrected chi connectivity index (χ1v) is 7.23. The van der Waals surface area contributed by atoms with Crippen LogP contribution in [-0.2, 0) is 4.79 Å². The molecule has 0 spiro atoms. The summed E-state index contributed by atoms with van der Waals surface area (Å²) in [6.45, 7) is 3.82. The number of rotatable bonds is 6. The lowest BCUT2D eigenvalue weighted by Crippen LogP contribution is -2.36. The summed E-state index contributed by atoms with van der Waals surface area (Å²) in [5.41, 5.74) is 1.80. The van der Waals surface area contributed by atoms with Gasteiger partial charge in [0.15, 0.2) is 0 Å². The first kappa shape index (κ1) is 16.5. The van der Waals surface area contributed by atoms with E-state index in [-0.39, 0.29) is 18.5 Å². The Labute approximate surface area is 126 Å². The quantitative estimate of drug-likeness (QED) is 0.739. The third-order valence-electron chi connectivity index (χ3n) is 2.83. The summed E-state index contributed by atoms with van der Waals surface area (Å²) in [6, 6.07) is 5.22. The highest BCUT2D eigenvalue weighted by Crippen LogP contribution is 2.20. The van der Waals surface area contributed by atoms with E-state index in [9.17, 15) is 9.59 Å². The molecule has 0 aliphatic rings. The van der Waals surface area contributed by atoms with Gasteiger partial charge in [-0.2, -0.15) is 0 Å². The van der Waals surface area contributed by atoms with E-state index in [1.54, 1.807) is 0 Å². The van der Waals surface area contributed by atoms with Crippen LogP contribution < -0.4 is 10.6 Å². The van der Waals surface area contributed by atoms with Crippen LogP contribution in [0.2, 0.25) is 0 Å². The van der Waals surface area contributed by atoms with Gasteiger partial charge in [-0.15, -0.1) is 0 Å². The number of halogens is 1. The van der Waals surface area contributed by atoms with Crippen molar-refractivity contribution in [3.8, 4) is 0 Å². The molecule has 0 aliphatic carbocycles. The zero-order valence-corrected chi connectivity index (χ0v) is 13.2. The zero-order valence-electron chi connectivity index (χ0n) is 11.6. The number of aliphatic carboxylic acids is 1. The Morgan fingerprint density at radius 3 is 2.70 bits per heavy atom. The maximum Gasteiger partial charge on any atom is 0.319 e. The van der Waals surface area contributed by atoms with Gasteiger partial charge in [0.1, 0.15) is 0 Å². The number of amides is 2. The molecule has 0 saturated heterocycles. The number of anilines is 1. The smallest absolute Gasteiger partial charge is 0.319 e. The summed E-state index contributed by atoms with van der Waals surface area (Å²) in [4.78, 5) is 22.2. The molecule has 0 heterocycles. The zero-order chi connectivity index (χ0) is 15.1. The predicted octanol–water partition coefficient (Wildman–Crippen LogP) is 3.52. The van der Waals surface area contributed by atoms with Gasteiger partial charge in [0.2, 0.25) is 0 Å². The molecule has 0 fully saturated rings. The van der Waals surface area contributed by atoms with Crippen LogP contribution in [0.3, 0.4) is 0 Å². The fourth-order valence-corrected chi connectivity index (χ4v) is 2.07. The van der Waals surface area contributed by atoms with Crippen LogP contribution in [0.4, 0.5) is 10.5 Å². The van der Waals surface area contributed by atoms with E-state index in [1.165, 1.54) is 0 Å². The van der Waals surface area contributed by atoms with E-state index >= 15 is 0 Å². The molecule has 0 radical (unpaired) electrons. The lowest BCUT2D eigenvalue weighted by atomic mass is 10.1. The summed E-state index contributed by atoms with van der Waals surface area (Å²) < 4.78 is 0.935. The third-order valence-corrected chi connectivity index (χ3v) is 3.69. The topological polar surface area (TPSA) is 78.4 Å². The monoisotopic (exact) mass is 342 g/mol. The second-order valence-electron chi connectivity index (χ2n) is 4.75. The van der Waals surface area contributed by atoms with Crippen LogP contribution in [0.15, 0.2) is 22.7 Å². The number of carboxylic acids is 1.